The standard InChI is InChI=1S/C21H26N4O3/c22-21(27)24-19(15-20(26)25-12-5-10-23-11-13-25)16-6-4-9-18(14-16)28-17-7-2-1-3-8-17/h1-4,6-9,14,19,23H,5,10-13,15H2,(H3,22,24,27). The molecule has 1 atom stereocenters. The van der Waals surface area contributed by atoms with E-state index < -0.39 is 12.1 Å². The molecule has 0 radical (unpaired) electrons. The first kappa shape index (κ1) is 19.7. The lowest BCUT2D eigenvalue weighted by molar-refractivity contribution is -0.131. The van der Waals surface area contributed by atoms with Crippen molar-refractivity contribution in [3.63, 3.8) is 0 Å². The van der Waals surface area contributed by atoms with Crippen LogP contribution in [0.25, 0.3) is 0 Å². The summed E-state index contributed by atoms with van der Waals surface area (Å²) in [6, 6.07) is 15.6. The third-order valence-corrected chi connectivity index (χ3v) is 4.63. The van der Waals surface area contributed by atoms with Crippen molar-refractivity contribution in [1.29, 1.82) is 0 Å². The molecule has 7 heteroatoms. The number of rotatable bonds is 6. The van der Waals surface area contributed by atoms with Crippen molar-refractivity contribution in [2.24, 2.45) is 5.73 Å². The molecule has 0 bridgehead atoms. The maximum Gasteiger partial charge on any atom is 0.312 e. The third kappa shape index (κ3) is 5.72. The predicted molar refractivity (Wildman–Crippen MR) is 107 cm³/mol. The van der Waals surface area contributed by atoms with Crippen LogP contribution in [0.3, 0.4) is 0 Å². The Kier molecular flexibility index (Phi) is 6.86. The minimum absolute atomic E-state index is 0.00293. The van der Waals surface area contributed by atoms with Crippen molar-refractivity contribution < 1.29 is 14.3 Å². The Morgan fingerprint density at radius 2 is 1.86 bits per heavy atom. The third-order valence-electron chi connectivity index (χ3n) is 4.63. The number of carbonyl (C=O) groups is 2. The number of nitrogens with zero attached hydrogens (tertiary/aromatic N) is 1. The van der Waals surface area contributed by atoms with Crippen LogP contribution in [-0.4, -0.2) is 43.0 Å². The molecule has 1 fully saturated rings. The highest BCUT2D eigenvalue weighted by Gasteiger charge is 2.22. The Morgan fingerprint density at radius 1 is 1.07 bits per heavy atom. The quantitative estimate of drug-likeness (QED) is 0.715. The average Bonchev–Trinajstić information content (AvgIpc) is 2.98. The molecule has 28 heavy (non-hydrogen) atoms. The molecule has 1 aliphatic heterocycles. The fourth-order valence-corrected chi connectivity index (χ4v) is 3.24. The lowest BCUT2D eigenvalue weighted by Gasteiger charge is -2.24. The summed E-state index contributed by atoms with van der Waals surface area (Å²) in [4.78, 5) is 26.1. The molecule has 3 amide bonds. The fourth-order valence-electron chi connectivity index (χ4n) is 3.24. The summed E-state index contributed by atoms with van der Waals surface area (Å²) in [6.07, 6.45) is 1.07. The molecule has 0 saturated carbocycles. The van der Waals surface area contributed by atoms with Crippen LogP contribution < -0.4 is 21.1 Å². The number of ether oxygens (including phenoxy) is 1. The highest BCUT2D eigenvalue weighted by Crippen LogP contribution is 2.26. The van der Waals surface area contributed by atoms with E-state index in [-0.39, 0.29) is 12.3 Å². The number of benzene rings is 2. The summed E-state index contributed by atoms with van der Waals surface area (Å²) in [5.41, 5.74) is 6.13. The number of hydrogen-bond acceptors (Lipinski definition) is 4. The Labute approximate surface area is 164 Å². The van der Waals surface area contributed by atoms with Crippen molar-refractivity contribution in [3.8, 4) is 11.5 Å². The summed E-state index contributed by atoms with van der Waals surface area (Å²) >= 11 is 0. The van der Waals surface area contributed by atoms with Gasteiger partial charge < -0.3 is 26.0 Å². The van der Waals surface area contributed by atoms with Crippen molar-refractivity contribution in [1.82, 2.24) is 15.5 Å². The summed E-state index contributed by atoms with van der Waals surface area (Å²) < 4.78 is 5.86. The number of urea groups is 1. The second-order valence-electron chi connectivity index (χ2n) is 6.74. The molecule has 3 rings (SSSR count). The number of hydrogen-bond donors (Lipinski definition) is 3. The minimum atomic E-state index is -0.662. The van der Waals surface area contributed by atoms with E-state index >= 15 is 0 Å². The largest absolute Gasteiger partial charge is 0.457 e. The van der Waals surface area contributed by atoms with Crippen LogP contribution in [0.5, 0.6) is 11.5 Å². The molecule has 148 valence electrons. The van der Waals surface area contributed by atoms with Crippen LogP contribution >= 0.6 is 0 Å². The van der Waals surface area contributed by atoms with Gasteiger partial charge in [0.2, 0.25) is 5.91 Å². The Balaban J connectivity index is 1.74. The Morgan fingerprint density at radius 3 is 2.64 bits per heavy atom. The van der Waals surface area contributed by atoms with Crippen LogP contribution in [0, 0.1) is 0 Å². The van der Waals surface area contributed by atoms with Gasteiger partial charge in [-0.2, -0.15) is 0 Å². The maximum atomic E-state index is 12.8. The first-order valence-electron chi connectivity index (χ1n) is 9.49. The molecular formula is C21H26N4O3. The zero-order valence-corrected chi connectivity index (χ0v) is 15.8. The van der Waals surface area contributed by atoms with E-state index in [4.69, 9.17) is 10.5 Å². The summed E-state index contributed by atoms with van der Waals surface area (Å²) in [5, 5.41) is 5.97. The smallest absolute Gasteiger partial charge is 0.312 e. The summed E-state index contributed by atoms with van der Waals surface area (Å²) in [5.74, 6) is 1.34. The number of carbonyl (C=O) groups excluding carboxylic acids is 2. The first-order valence-corrected chi connectivity index (χ1v) is 9.49. The number of nitrogens with one attached hydrogen (secondary N) is 2. The lowest BCUT2D eigenvalue weighted by Crippen LogP contribution is -2.39. The molecule has 2 aromatic rings. The SMILES string of the molecule is NC(=O)NC(CC(=O)N1CCCNCC1)c1cccc(Oc2ccccc2)c1. The van der Waals surface area contributed by atoms with E-state index in [2.05, 4.69) is 10.6 Å². The van der Waals surface area contributed by atoms with Crippen LogP contribution in [0.1, 0.15) is 24.4 Å². The van der Waals surface area contributed by atoms with Crippen LogP contribution in [0.4, 0.5) is 4.79 Å². The van der Waals surface area contributed by atoms with Crippen molar-refractivity contribution in [3.05, 3.63) is 60.2 Å². The predicted octanol–water partition coefficient (Wildman–Crippen LogP) is 2.40. The van der Waals surface area contributed by atoms with Crippen molar-refractivity contribution in [2.75, 3.05) is 26.2 Å². The molecule has 7 nitrogen and oxygen atoms in total. The van der Waals surface area contributed by atoms with Gasteiger partial charge in [-0.1, -0.05) is 30.3 Å². The molecule has 1 saturated heterocycles. The van der Waals surface area contributed by atoms with E-state index in [1.807, 2.05) is 59.5 Å². The Hall–Kier alpha value is -3.06. The van der Waals surface area contributed by atoms with Gasteiger partial charge in [0.15, 0.2) is 0 Å². The second-order valence-corrected chi connectivity index (χ2v) is 6.74. The molecule has 2 aromatic carbocycles. The summed E-state index contributed by atoms with van der Waals surface area (Å²) in [7, 11) is 0. The number of primary amides is 1. The first-order chi connectivity index (χ1) is 13.6. The van der Waals surface area contributed by atoms with Gasteiger partial charge in [-0.05, 0) is 42.8 Å². The van der Waals surface area contributed by atoms with E-state index in [0.29, 0.717) is 24.6 Å². The van der Waals surface area contributed by atoms with E-state index in [0.717, 1.165) is 25.1 Å². The molecular weight excluding hydrogens is 356 g/mol. The lowest BCUT2D eigenvalue weighted by atomic mass is 10.0. The molecule has 0 aromatic heterocycles. The van der Waals surface area contributed by atoms with Crippen LogP contribution in [-0.2, 0) is 4.79 Å². The number of amides is 3. The fraction of sp³-hybridized carbons (Fsp3) is 0.333. The van der Waals surface area contributed by atoms with Gasteiger partial charge >= 0.3 is 6.03 Å². The van der Waals surface area contributed by atoms with Crippen LogP contribution in [0.2, 0.25) is 0 Å². The maximum absolute atomic E-state index is 12.8. The van der Waals surface area contributed by atoms with Gasteiger partial charge in [0.25, 0.3) is 0 Å². The second kappa shape index (κ2) is 9.75. The summed E-state index contributed by atoms with van der Waals surface area (Å²) in [6.45, 7) is 3.07. The minimum Gasteiger partial charge on any atom is -0.457 e. The number of nitrogens with two attached hydrogens (primary N) is 1. The van der Waals surface area contributed by atoms with Crippen LogP contribution in [0.15, 0.2) is 54.6 Å². The molecule has 1 heterocycles. The van der Waals surface area contributed by atoms with Crippen molar-refractivity contribution >= 4 is 11.9 Å². The van der Waals surface area contributed by atoms with Gasteiger partial charge in [0, 0.05) is 19.6 Å². The zero-order valence-electron chi connectivity index (χ0n) is 15.8. The molecule has 0 spiro atoms. The normalized spacial score (nSPS) is 15.4. The Bertz CT molecular complexity index is 789. The topological polar surface area (TPSA) is 96.7 Å². The van der Waals surface area contributed by atoms with E-state index in [9.17, 15) is 9.59 Å². The zero-order chi connectivity index (χ0) is 19.8. The molecule has 4 N–H and O–H groups in total. The monoisotopic (exact) mass is 382 g/mol. The highest BCUT2D eigenvalue weighted by molar-refractivity contribution is 5.79. The van der Waals surface area contributed by atoms with Gasteiger partial charge in [0.1, 0.15) is 11.5 Å². The van der Waals surface area contributed by atoms with E-state index in [1.165, 1.54) is 0 Å². The average molecular weight is 382 g/mol. The van der Waals surface area contributed by atoms with Gasteiger partial charge in [-0.3, -0.25) is 4.79 Å². The van der Waals surface area contributed by atoms with Gasteiger partial charge in [0.05, 0.1) is 12.5 Å². The molecule has 1 unspecified atom stereocenters. The highest BCUT2D eigenvalue weighted by atomic mass is 16.5. The van der Waals surface area contributed by atoms with Gasteiger partial charge in [-0.15, -0.1) is 0 Å². The molecule has 0 aliphatic carbocycles. The molecule has 1 aliphatic rings. The van der Waals surface area contributed by atoms with Crippen molar-refractivity contribution in [2.45, 2.75) is 18.9 Å². The van der Waals surface area contributed by atoms with Gasteiger partial charge in [-0.25, -0.2) is 4.79 Å². The number of para-hydroxylation sites is 1. The van der Waals surface area contributed by atoms with E-state index in [1.54, 1.807) is 0 Å².